The van der Waals surface area contributed by atoms with E-state index in [0.29, 0.717) is 16.9 Å². The summed E-state index contributed by atoms with van der Waals surface area (Å²) >= 11 is 0.664. The van der Waals surface area contributed by atoms with Crippen molar-refractivity contribution >= 4 is 49.4 Å². The van der Waals surface area contributed by atoms with Gasteiger partial charge < -0.3 is 5.11 Å². The van der Waals surface area contributed by atoms with E-state index in [2.05, 4.69) is 9.97 Å². The van der Waals surface area contributed by atoms with Crippen molar-refractivity contribution in [3.8, 4) is 0 Å². The highest BCUT2D eigenvalue weighted by Gasteiger charge is 2.48. The summed E-state index contributed by atoms with van der Waals surface area (Å²) in [4.78, 5) is 46.2. The van der Waals surface area contributed by atoms with Gasteiger partial charge in [-0.15, -0.1) is 0 Å². The van der Waals surface area contributed by atoms with E-state index in [0.717, 1.165) is 40.9 Å². The van der Waals surface area contributed by atoms with Gasteiger partial charge in [0.05, 0.1) is 27.6 Å². The van der Waals surface area contributed by atoms with Gasteiger partial charge in [0.1, 0.15) is 9.90 Å². The molecule has 4 aromatic rings. The smallest absolute Gasteiger partial charge is 0.301 e. The number of hydrogen-bond acceptors (Lipinski definition) is 10. The number of aliphatic hydroxyl groups excluding tert-OH is 1. The summed E-state index contributed by atoms with van der Waals surface area (Å²) in [5.74, 6) is -2.22. The van der Waals surface area contributed by atoms with Crippen LogP contribution in [0.4, 0.5) is 10.8 Å². The van der Waals surface area contributed by atoms with Crippen molar-refractivity contribution in [2.45, 2.75) is 34.9 Å². The van der Waals surface area contributed by atoms with E-state index in [4.69, 9.17) is 0 Å². The van der Waals surface area contributed by atoms with E-state index in [1.807, 2.05) is 26.0 Å². The van der Waals surface area contributed by atoms with Crippen molar-refractivity contribution in [3.05, 3.63) is 112 Å². The van der Waals surface area contributed by atoms with Crippen LogP contribution in [-0.4, -0.2) is 40.1 Å². The third-order valence-electron chi connectivity index (χ3n) is 6.57. The molecule has 1 N–H and O–H groups in total. The fraction of sp³-hybridized carbons (Fsp3) is 0.143. The fourth-order valence-electron chi connectivity index (χ4n) is 4.40. The Labute approximate surface area is 238 Å². The number of non-ortho nitro benzene ring substituents is 1. The molecule has 2 aromatic heterocycles. The predicted octanol–water partition coefficient (Wildman–Crippen LogP) is 5.03. The number of amides is 1. The van der Waals surface area contributed by atoms with Crippen LogP contribution >= 0.6 is 11.3 Å². The number of sulfone groups is 1. The third-order valence-corrected chi connectivity index (χ3v) is 9.80. The summed E-state index contributed by atoms with van der Waals surface area (Å²) in [6, 6.07) is 15.2. The zero-order valence-corrected chi connectivity index (χ0v) is 23.3. The molecule has 1 atom stereocenters. The Kier molecular flexibility index (Phi) is 7.24. The number of nitro benzene ring substituents is 1. The molecule has 13 heteroatoms. The SMILES string of the molecule is CC(C)c1ccc(C2/C(=C(\O)c3ccccn3)C(=O)C(=O)N2c2ncc(S(=O)(=O)c3ccc([N+](=O)[O-])cc3)s2)cc1. The van der Waals surface area contributed by atoms with Crippen molar-refractivity contribution in [2.75, 3.05) is 4.90 Å². The second-order valence-electron chi connectivity index (χ2n) is 9.42. The van der Waals surface area contributed by atoms with Crippen molar-refractivity contribution in [1.29, 1.82) is 0 Å². The molecule has 208 valence electrons. The number of benzene rings is 2. The number of nitrogens with zero attached hydrogens (tertiary/aromatic N) is 4. The zero-order chi connectivity index (χ0) is 29.5. The van der Waals surface area contributed by atoms with Crippen LogP contribution in [0.25, 0.3) is 5.76 Å². The normalized spacial score (nSPS) is 16.9. The first-order chi connectivity index (χ1) is 19.5. The van der Waals surface area contributed by atoms with Crippen LogP contribution in [0.1, 0.15) is 42.6 Å². The first kappa shape index (κ1) is 27.8. The number of anilines is 1. The first-order valence-corrected chi connectivity index (χ1v) is 14.6. The highest BCUT2D eigenvalue weighted by atomic mass is 32.2. The average molecular weight is 591 g/mol. The van der Waals surface area contributed by atoms with Gasteiger partial charge in [-0.1, -0.05) is 55.5 Å². The van der Waals surface area contributed by atoms with Gasteiger partial charge in [-0.3, -0.25) is 29.6 Å². The number of rotatable bonds is 7. The van der Waals surface area contributed by atoms with E-state index >= 15 is 0 Å². The topological polar surface area (TPSA) is 161 Å². The van der Waals surface area contributed by atoms with Crippen LogP contribution in [0.2, 0.25) is 0 Å². The minimum Gasteiger partial charge on any atom is -0.505 e. The van der Waals surface area contributed by atoms with E-state index in [9.17, 15) is 33.2 Å². The van der Waals surface area contributed by atoms with E-state index in [1.54, 1.807) is 24.3 Å². The lowest BCUT2D eigenvalue weighted by molar-refractivity contribution is -0.384. The fourth-order valence-corrected chi connectivity index (χ4v) is 6.95. The number of hydrogen-bond donors (Lipinski definition) is 1. The van der Waals surface area contributed by atoms with Crippen molar-refractivity contribution in [3.63, 3.8) is 0 Å². The average Bonchev–Trinajstić information content (AvgIpc) is 3.56. The predicted molar refractivity (Wildman–Crippen MR) is 150 cm³/mol. The van der Waals surface area contributed by atoms with Gasteiger partial charge in [0.15, 0.2) is 10.9 Å². The summed E-state index contributed by atoms with van der Waals surface area (Å²) in [6.45, 7) is 4.04. The maximum Gasteiger partial charge on any atom is 0.301 e. The molecule has 0 bridgehead atoms. The molecule has 11 nitrogen and oxygen atoms in total. The lowest BCUT2D eigenvalue weighted by Crippen LogP contribution is -2.29. The number of aliphatic hydroxyl groups is 1. The van der Waals surface area contributed by atoms with Gasteiger partial charge in [-0.25, -0.2) is 13.4 Å². The van der Waals surface area contributed by atoms with Crippen LogP contribution in [0.15, 0.2) is 93.8 Å². The molecular formula is C28H22N4O7S2. The van der Waals surface area contributed by atoms with Crippen molar-refractivity contribution < 1.29 is 28.0 Å². The van der Waals surface area contributed by atoms with Gasteiger partial charge in [0.25, 0.3) is 11.5 Å². The number of aromatic nitrogens is 2. The number of carbonyl (C=O) groups is 2. The third kappa shape index (κ3) is 5.00. The number of nitro groups is 1. The van der Waals surface area contributed by atoms with E-state index in [1.165, 1.54) is 12.3 Å². The molecule has 1 amide bonds. The molecule has 1 unspecified atom stereocenters. The minimum atomic E-state index is -4.15. The second kappa shape index (κ2) is 10.7. The Morgan fingerprint density at radius 1 is 1.02 bits per heavy atom. The van der Waals surface area contributed by atoms with Crippen LogP contribution in [0.3, 0.4) is 0 Å². The second-order valence-corrected chi connectivity index (χ2v) is 12.6. The van der Waals surface area contributed by atoms with E-state index < -0.39 is 38.3 Å². The zero-order valence-electron chi connectivity index (χ0n) is 21.7. The molecule has 41 heavy (non-hydrogen) atoms. The van der Waals surface area contributed by atoms with Gasteiger partial charge in [-0.2, -0.15) is 0 Å². The van der Waals surface area contributed by atoms with E-state index in [-0.39, 0.29) is 37.1 Å². The quantitative estimate of drug-likeness (QED) is 0.102. The lowest BCUT2D eigenvalue weighted by atomic mass is 9.94. The molecule has 0 radical (unpaired) electrons. The van der Waals surface area contributed by atoms with Gasteiger partial charge in [0.2, 0.25) is 9.84 Å². The summed E-state index contributed by atoms with van der Waals surface area (Å²) < 4.78 is 26.3. The minimum absolute atomic E-state index is 0.0782. The molecule has 2 aromatic carbocycles. The van der Waals surface area contributed by atoms with Crippen LogP contribution in [0, 0.1) is 10.1 Å². The number of thiazole rings is 1. The Morgan fingerprint density at radius 2 is 1.71 bits per heavy atom. The van der Waals surface area contributed by atoms with Gasteiger partial charge in [-0.05, 0) is 41.3 Å². The molecule has 3 heterocycles. The summed E-state index contributed by atoms with van der Waals surface area (Å²) in [6.07, 6.45) is 2.50. The highest BCUT2D eigenvalue weighted by Crippen LogP contribution is 2.44. The van der Waals surface area contributed by atoms with Crippen molar-refractivity contribution in [1.82, 2.24) is 9.97 Å². The largest absolute Gasteiger partial charge is 0.505 e. The Balaban J connectivity index is 1.62. The maximum atomic E-state index is 13.4. The molecule has 1 aliphatic heterocycles. The van der Waals surface area contributed by atoms with Crippen LogP contribution in [-0.2, 0) is 19.4 Å². The Morgan fingerprint density at radius 3 is 2.29 bits per heavy atom. The molecule has 0 aliphatic carbocycles. The van der Waals surface area contributed by atoms with Crippen LogP contribution in [0.5, 0.6) is 0 Å². The van der Waals surface area contributed by atoms with Gasteiger partial charge >= 0.3 is 5.91 Å². The number of carbonyl (C=O) groups excluding carboxylic acids is 2. The summed E-state index contributed by atoms with van der Waals surface area (Å²) in [5.41, 5.74) is 1.13. The molecule has 1 aliphatic rings. The van der Waals surface area contributed by atoms with Crippen molar-refractivity contribution in [2.24, 2.45) is 0 Å². The first-order valence-electron chi connectivity index (χ1n) is 12.3. The summed E-state index contributed by atoms with van der Waals surface area (Å²) in [7, 11) is -4.15. The number of Topliss-reactive ketones (excluding diaryl/α,β-unsaturated/α-hetero) is 1. The summed E-state index contributed by atoms with van der Waals surface area (Å²) in [5, 5.41) is 22.0. The molecule has 0 spiro atoms. The Hall–Kier alpha value is -4.75. The molecular weight excluding hydrogens is 568 g/mol. The molecule has 1 fully saturated rings. The monoisotopic (exact) mass is 590 g/mol. The molecule has 5 rings (SSSR count). The maximum absolute atomic E-state index is 13.4. The van der Waals surface area contributed by atoms with Gasteiger partial charge in [0, 0.05) is 18.3 Å². The number of pyridine rings is 1. The molecule has 0 saturated carbocycles. The standard InChI is InChI=1S/C28H22N4O7S2/c1-16(2)17-6-8-18(9-7-17)24-23(25(33)21-5-3-4-14-29-21)26(34)27(35)31(24)28-30-15-22(40-28)41(38,39)20-12-10-19(11-13-20)32(36)37/h3-16,24,33H,1-2H3/b25-23+. The highest BCUT2D eigenvalue weighted by molar-refractivity contribution is 7.93. The Bertz CT molecular complexity index is 1800. The number of ketones is 1. The molecule has 1 saturated heterocycles. The lowest BCUT2D eigenvalue weighted by Gasteiger charge is -2.23. The van der Waals surface area contributed by atoms with Crippen LogP contribution < -0.4 is 4.90 Å².